The zero-order valence-corrected chi connectivity index (χ0v) is 17.0. The van der Waals surface area contributed by atoms with E-state index in [1.807, 2.05) is 4.90 Å². The quantitative estimate of drug-likeness (QED) is 0.174. The lowest BCUT2D eigenvalue weighted by Gasteiger charge is -2.34. The Morgan fingerprint density at radius 1 is 1.41 bits per heavy atom. The molecule has 0 bridgehead atoms. The Hall–Kier alpha value is -2.73. The van der Waals surface area contributed by atoms with Crippen molar-refractivity contribution < 1.29 is 18.1 Å². The van der Waals surface area contributed by atoms with Crippen molar-refractivity contribution in [2.75, 3.05) is 33.2 Å². The maximum Gasteiger partial charge on any atom is 0.270 e. The first kappa shape index (κ1) is 22.6. The van der Waals surface area contributed by atoms with E-state index < -0.39 is 14.9 Å². The molecule has 0 saturated carbocycles. The second kappa shape index (κ2) is 10.2. The number of carbonyl (C=O) groups is 1. The number of hydrogen-bond donors (Lipinski definition) is 3. The highest BCUT2D eigenvalue weighted by molar-refractivity contribution is 7.89. The van der Waals surface area contributed by atoms with Crippen LogP contribution >= 0.6 is 0 Å². The summed E-state index contributed by atoms with van der Waals surface area (Å²) in [6.07, 6.45) is 2.17. The average Bonchev–Trinajstić information content (AvgIpc) is 2.68. The van der Waals surface area contributed by atoms with Crippen LogP contribution in [0.2, 0.25) is 0 Å². The smallest absolute Gasteiger partial charge is 0.270 e. The van der Waals surface area contributed by atoms with E-state index in [1.165, 1.54) is 18.2 Å². The molecule has 1 aliphatic heterocycles. The molecule has 1 unspecified atom stereocenters. The number of primary amides is 1. The minimum Gasteiger partial charge on any atom is -0.370 e. The number of guanidine groups is 1. The van der Waals surface area contributed by atoms with Crippen LogP contribution in [0.25, 0.3) is 0 Å². The molecular weight excluding hydrogens is 400 g/mol. The normalized spacial score (nSPS) is 17.8. The molecule has 29 heavy (non-hydrogen) atoms. The summed E-state index contributed by atoms with van der Waals surface area (Å²) in [5.41, 5.74) is 4.99. The van der Waals surface area contributed by atoms with Gasteiger partial charge in [-0.25, -0.2) is 13.1 Å². The highest BCUT2D eigenvalue weighted by atomic mass is 32.2. The minimum absolute atomic E-state index is 0.0720. The van der Waals surface area contributed by atoms with Gasteiger partial charge in [0, 0.05) is 51.8 Å². The zero-order chi connectivity index (χ0) is 21.4. The van der Waals surface area contributed by atoms with Crippen LogP contribution in [0, 0.1) is 16.0 Å². The van der Waals surface area contributed by atoms with Gasteiger partial charge in [-0.1, -0.05) is 6.07 Å². The second-order valence-electron chi connectivity index (χ2n) is 6.75. The predicted octanol–water partition coefficient (Wildman–Crippen LogP) is 0.0359. The van der Waals surface area contributed by atoms with E-state index in [0.717, 1.165) is 25.5 Å². The Morgan fingerprint density at radius 3 is 2.83 bits per heavy atom. The van der Waals surface area contributed by atoms with E-state index in [2.05, 4.69) is 15.0 Å². The lowest BCUT2D eigenvalue weighted by atomic mass is 9.95. The number of nitrogens with one attached hydrogen (secondary N) is 2. The summed E-state index contributed by atoms with van der Waals surface area (Å²) in [5, 5.41) is 13.9. The van der Waals surface area contributed by atoms with Gasteiger partial charge in [0.25, 0.3) is 5.69 Å². The Labute approximate surface area is 169 Å². The van der Waals surface area contributed by atoms with Crippen molar-refractivity contribution in [1.29, 1.82) is 0 Å². The van der Waals surface area contributed by atoms with Crippen molar-refractivity contribution in [3.8, 4) is 0 Å². The molecule has 12 heteroatoms. The Bertz CT molecular complexity index is 873. The number of sulfonamides is 1. The first-order valence-electron chi connectivity index (χ1n) is 9.21. The van der Waals surface area contributed by atoms with Crippen LogP contribution in [-0.2, 0) is 14.8 Å². The number of nitrogens with zero attached hydrogens (tertiary/aromatic N) is 3. The third-order valence-corrected chi connectivity index (χ3v) is 6.02. The number of carbonyl (C=O) groups excluding carboxylic acids is 1. The summed E-state index contributed by atoms with van der Waals surface area (Å²) >= 11 is 0. The molecule has 1 heterocycles. The van der Waals surface area contributed by atoms with Crippen molar-refractivity contribution in [2.24, 2.45) is 16.6 Å². The summed E-state index contributed by atoms with van der Waals surface area (Å²) in [6.45, 7) is 1.79. The molecule has 11 nitrogen and oxygen atoms in total. The molecule has 0 aliphatic carbocycles. The number of amides is 1. The molecule has 1 amide bonds. The van der Waals surface area contributed by atoms with E-state index in [4.69, 9.17) is 5.73 Å². The molecule has 0 aromatic heterocycles. The summed E-state index contributed by atoms with van der Waals surface area (Å²) < 4.78 is 27.1. The third-order valence-electron chi connectivity index (χ3n) is 4.56. The van der Waals surface area contributed by atoms with Crippen molar-refractivity contribution in [3.05, 3.63) is 34.4 Å². The van der Waals surface area contributed by atoms with E-state index in [0.29, 0.717) is 18.9 Å². The molecule has 0 radical (unpaired) electrons. The van der Waals surface area contributed by atoms with Gasteiger partial charge in [-0.15, -0.1) is 0 Å². The molecule has 1 aromatic rings. The second-order valence-corrected chi connectivity index (χ2v) is 8.52. The molecule has 2 rings (SSSR count). The molecule has 1 atom stereocenters. The number of benzene rings is 1. The molecule has 0 spiro atoms. The number of aliphatic imine (C=N–C) groups is 1. The Kier molecular flexibility index (Phi) is 7.91. The SMILES string of the molecule is CN=C(NCCNS(=O)(=O)c1cccc([N+](=O)[O-])c1)N1CCCC(CC(N)=O)C1. The topological polar surface area (TPSA) is 160 Å². The third kappa shape index (κ3) is 6.68. The Balaban J connectivity index is 1.87. The van der Waals surface area contributed by atoms with Gasteiger partial charge in [-0.3, -0.25) is 19.9 Å². The van der Waals surface area contributed by atoms with Gasteiger partial charge >= 0.3 is 0 Å². The van der Waals surface area contributed by atoms with Gasteiger partial charge in [0.15, 0.2) is 5.96 Å². The molecule has 160 valence electrons. The highest BCUT2D eigenvalue weighted by Crippen LogP contribution is 2.19. The van der Waals surface area contributed by atoms with Gasteiger partial charge in [0.05, 0.1) is 9.82 Å². The standard InChI is InChI=1S/C17H26N6O5S/c1-19-17(22-9-3-4-13(12-22)10-16(18)24)20-7-8-21-29(27,28)15-6-2-5-14(11-15)23(25)26/h2,5-6,11,13,21H,3-4,7-10,12H2,1H3,(H2,18,24)(H,19,20). The van der Waals surface area contributed by atoms with Crippen LogP contribution in [-0.4, -0.2) is 63.3 Å². The van der Waals surface area contributed by atoms with Gasteiger partial charge < -0.3 is 16.0 Å². The summed E-state index contributed by atoms with van der Waals surface area (Å²) in [7, 11) is -2.24. The maximum absolute atomic E-state index is 12.3. The van der Waals surface area contributed by atoms with E-state index in [1.54, 1.807) is 7.05 Å². The summed E-state index contributed by atoms with van der Waals surface area (Å²) in [4.78, 5) is 27.4. The highest BCUT2D eigenvalue weighted by Gasteiger charge is 2.23. The molecule has 1 aliphatic rings. The summed E-state index contributed by atoms with van der Waals surface area (Å²) in [6, 6.07) is 4.87. The van der Waals surface area contributed by atoms with Gasteiger partial charge in [-0.05, 0) is 24.8 Å². The van der Waals surface area contributed by atoms with E-state index in [9.17, 15) is 23.3 Å². The number of nitro groups is 1. The van der Waals surface area contributed by atoms with Crippen molar-refractivity contribution in [1.82, 2.24) is 14.9 Å². The van der Waals surface area contributed by atoms with Gasteiger partial charge in [-0.2, -0.15) is 0 Å². The van der Waals surface area contributed by atoms with Crippen molar-refractivity contribution in [2.45, 2.75) is 24.2 Å². The molecule has 1 saturated heterocycles. The van der Waals surface area contributed by atoms with Crippen LogP contribution in [0.15, 0.2) is 34.2 Å². The number of piperidine rings is 1. The lowest BCUT2D eigenvalue weighted by Crippen LogP contribution is -2.48. The van der Waals surface area contributed by atoms with Crippen molar-refractivity contribution >= 4 is 27.6 Å². The van der Waals surface area contributed by atoms with Crippen LogP contribution in [0.3, 0.4) is 0 Å². The number of rotatable bonds is 8. The monoisotopic (exact) mass is 426 g/mol. The van der Waals surface area contributed by atoms with Gasteiger partial charge in [0.2, 0.25) is 15.9 Å². The Morgan fingerprint density at radius 2 is 2.17 bits per heavy atom. The summed E-state index contributed by atoms with van der Waals surface area (Å²) in [5.74, 6) is 0.469. The molecule has 4 N–H and O–H groups in total. The molecular formula is C17H26N6O5S. The number of non-ortho nitro benzene ring substituents is 1. The fourth-order valence-electron chi connectivity index (χ4n) is 3.25. The zero-order valence-electron chi connectivity index (χ0n) is 16.2. The minimum atomic E-state index is -3.87. The predicted molar refractivity (Wildman–Crippen MR) is 108 cm³/mol. The van der Waals surface area contributed by atoms with Crippen LogP contribution in [0.4, 0.5) is 5.69 Å². The number of nitrogens with two attached hydrogens (primary N) is 1. The van der Waals surface area contributed by atoms with E-state index in [-0.39, 0.29) is 35.5 Å². The number of hydrogen-bond acceptors (Lipinski definition) is 6. The lowest BCUT2D eigenvalue weighted by molar-refractivity contribution is -0.385. The first-order valence-corrected chi connectivity index (χ1v) is 10.7. The molecule has 1 fully saturated rings. The fraction of sp³-hybridized carbons (Fsp3) is 0.529. The van der Waals surface area contributed by atoms with Crippen LogP contribution in [0.1, 0.15) is 19.3 Å². The van der Waals surface area contributed by atoms with Crippen LogP contribution in [0.5, 0.6) is 0 Å². The fourth-order valence-corrected chi connectivity index (χ4v) is 4.32. The average molecular weight is 426 g/mol. The first-order chi connectivity index (χ1) is 13.7. The van der Waals surface area contributed by atoms with Gasteiger partial charge in [0.1, 0.15) is 0 Å². The maximum atomic E-state index is 12.3. The number of nitro benzene ring substituents is 1. The van der Waals surface area contributed by atoms with E-state index >= 15 is 0 Å². The van der Waals surface area contributed by atoms with Crippen molar-refractivity contribution in [3.63, 3.8) is 0 Å². The molecule has 1 aromatic carbocycles. The largest absolute Gasteiger partial charge is 0.370 e. The number of likely N-dealkylation sites (tertiary alicyclic amines) is 1. The van der Waals surface area contributed by atoms with Crippen LogP contribution < -0.4 is 15.8 Å².